The number of benzene rings is 2. The van der Waals surface area contributed by atoms with Gasteiger partial charge in [0, 0.05) is 23.2 Å². The first-order valence-corrected chi connectivity index (χ1v) is 11.8. The SMILES string of the molecule is C=CC(=O)NC1CC(C)OCC1Nc1ncc2cc(-c3c(Cl)c(OC)cc(OC)c3Cl)ccc2n1. The standard InChI is InChI=1S/C25H26Cl2N4O4/c1-5-21(32)29-17-8-13(2)35-12-18(17)31-25-28-11-15-9-14(6-7-16(15)30-25)22-23(26)19(33-3)10-20(34-4)24(22)27/h5-7,9-11,13,17-18H,1,8,12H2,2-4H3,(H,29,32)(H,28,30,31). The number of ether oxygens (including phenoxy) is 3. The van der Waals surface area contributed by atoms with Gasteiger partial charge in [0.25, 0.3) is 0 Å². The Balaban J connectivity index is 1.63. The number of amides is 1. The average molecular weight is 517 g/mol. The zero-order valence-corrected chi connectivity index (χ0v) is 21.1. The fourth-order valence-corrected chi connectivity index (χ4v) is 4.80. The van der Waals surface area contributed by atoms with Gasteiger partial charge in [0.05, 0.1) is 54.6 Å². The summed E-state index contributed by atoms with van der Waals surface area (Å²) in [6.45, 7) is 5.92. The number of fused-ring (bicyclic) bond motifs is 1. The normalized spacial score (nSPS) is 19.7. The van der Waals surface area contributed by atoms with Gasteiger partial charge in [0.2, 0.25) is 11.9 Å². The molecule has 0 bridgehead atoms. The van der Waals surface area contributed by atoms with Crippen LogP contribution in [0.5, 0.6) is 11.5 Å². The number of aromatic nitrogens is 2. The highest BCUT2D eigenvalue weighted by Gasteiger charge is 2.30. The van der Waals surface area contributed by atoms with Crippen LogP contribution >= 0.6 is 23.2 Å². The second kappa shape index (κ2) is 10.7. The maximum Gasteiger partial charge on any atom is 0.243 e. The molecular formula is C25H26Cl2N4O4. The Morgan fingerprint density at radius 1 is 1.17 bits per heavy atom. The van der Waals surface area contributed by atoms with E-state index in [1.54, 1.807) is 12.3 Å². The fourth-order valence-electron chi connectivity index (χ4n) is 4.08. The van der Waals surface area contributed by atoms with E-state index in [1.165, 1.54) is 20.3 Å². The van der Waals surface area contributed by atoms with E-state index in [1.807, 2.05) is 25.1 Å². The van der Waals surface area contributed by atoms with Crippen LogP contribution < -0.4 is 20.1 Å². The van der Waals surface area contributed by atoms with Crippen molar-refractivity contribution in [2.75, 3.05) is 26.1 Å². The van der Waals surface area contributed by atoms with Crippen molar-refractivity contribution in [1.29, 1.82) is 0 Å². The zero-order chi connectivity index (χ0) is 25.1. The van der Waals surface area contributed by atoms with Crippen LogP contribution in [0, 0.1) is 0 Å². The quantitative estimate of drug-likeness (QED) is 0.432. The fraction of sp³-hybridized carbons (Fsp3) is 0.320. The van der Waals surface area contributed by atoms with Gasteiger partial charge in [-0.3, -0.25) is 4.79 Å². The zero-order valence-electron chi connectivity index (χ0n) is 19.6. The number of nitrogens with zero attached hydrogens (tertiary/aromatic N) is 2. The number of hydrogen-bond donors (Lipinski definition) is 2. The second-order valence-corrected chi connectivity index (χ2v) is 8.96. The summed E-state index contributed by atoms with van der Waals surface area (Å²) in [6.07, 6.45) is 3.68. The minimum absolute atomic E-state index is 0.0352. The molecule has 8 nitrogen and oxygen atoms in total. The Hall–Kier alpha value is -3.07. The maximum atomic E-state index is 11.9. The Kier molecular flexibility index (Phi) is 7.64. The molecule has 2 aromatic carbocycles. The number of rotatable bonds is 7. The molecule has 1 saturated heterocycles. The summed E-state index contributed by atoms with van der Waals surface area (Å²) in [5.41, 5.74) is 2.10. The Morgan fingerprint density at radius 3 is 2.54 bits per heavy atom. The van der Waals surface area contributed by atoms with Gasteiger partial charge in [-0.15, -0.1) is 0 Å². The lowest BCUT2D eigenvalue weighted by molar-refractivity contribution is -0.118. The molecule has 3 atom stereocenters. The number of carbonyl (C=O) groups is 1. The van der Waals surface area contributed by atoms with Gasteiger partial charge >= 0.3 is 0 Å². The summed E-state index contributed by atoms with van der Waals surface area (Å²) in [5, 5.41) is 7.83. The van der Waals surface area contributed by atoms with Crippen LogP contribution in [0.4, 0.5) is 5.95 Å². The Morgan fingerprint density at radius 2 is 1.89 bits per heavy atom. The minimum atomic E-state index is -0.227. The Labute approximate surface area is 213 Å². The molecule has 184 valence electrons. The Bertz CT molecular complexity index is 1240. The van der Waals surface area contributed by atoms with Gasteiger partial charge in [-0.1, -0.05) is 35.8 Å². The molecule has 4 rings (SSSR count). The average Bonchev–Trinajstić information content (AvgIpc) is 2.86. The van der Waals surface area contributed by atoms with Crippen molar-refractivity contribution >= 4 is 46.0 Å². The summed E-state index contributed by atoms with van der Waals surface area (Å²) in [6, 6.07) is 6.98. The third kappa shape index (κ3) is 5.29. The highest BCUT2D eigenvalue weighted by atomic mass is 35.5. The van der Waals surface area contributed by atoms with Gasteiger partial charge in [-0.05, 0) is 37.1 Å². The van der Waals surface area contributed by atoms with E-state index in [4.69, 9.17) is 37.4 Å². The molecule has 1 aliphatic heterocycles. The predicted octanol–water partition coefficient (Wildman–Crippen LogP) is 4.88. The van der Waals surface area contributed by atoms with Crippen LogP contribution in [0.2, 0.25) is 10.0 Å². The number of carbonyl (C=O) groups excluding carboxylic acids is 1. The first kappa shape index (κ1) is 25.0. The molecule has 0 radical (unpaired) electrons. The molecule has 1 fully saturated rings. The third-order valence-electron chi connectivity index (χ3n) is 5.90. The minimum Gasteiger partial charge on any atom is -0.495 e. The van der Waals surface area contributed by atoms with Crippen LogP contribution in [0.3, 0.4) is 0 Å². The molecule has 3 aromatic rings. The lowest BCUT2D eigenvalue weighted by Gasteiger charge is -2.35. The van der Waals surface area contributed by atoms with Gasteiger partial charge in [0.1, 0.15) is 11.5 Å². The van der Waals surface area contributed by atoms with Crippen molar-refractivity contribution in [1.82, 2.24) is 15.3 Å². The van der Waals surface area contributed by atoms with Crippen molar-refractivity contribution in [2.24, 2.45) is 0 Å². The molecule has 0 spiro atoms. The van der Waals surface area contributed by atoms with Gasteiger partial charge in [-0.25, -0.2) is 9.97 Å². The van der Waals surface area contributed by atoms with Gasteiger partial charge in [-0.2, -0.15) is 0 Å². The lowest BCUT2D eigenvalue weighted by Crippen LogP contribution is -2.53. The van der Waals surface area contributed by atoms with Crippen molar-refractivity contribution in [3.63, 3.8) is 0 Å². The van der Waals surface area contributed by atoms with Gasteiger partial charge < -0.3 is 24.8 Å². The van der Waals surface area contributed by atoms with Gasteiger partial charge in [0.15, 0.2) is 0 Å². The van der Waals surface area contributed by atoms with Crippen molar-refractivity contribution in [2.45, 2.75) is 31.5 Å². The van der Waals surface area contributed by atoms with Crippen molar-refractivity contribution < 1.29 is 19.0 Å². The molecule has 0 saturated carbocycles. The van der Waals surface area contributed by atoms with E-state index in [0.717, 1.165) is 16.5 Å². The third-order valence-corrected chi connectivity index (χ3v) is 6.65. The summed E-state index contributed by atoms with van der Waals surface area (Å²) in [5.74, 6) is 1.13. The summed E-state index contributed by atoms with van der Waals surface area (Å²) in [7, 11) is 3.07. The van der Waals surface area contributed by atoms with E-state index < -0.39 is 0 Å². The van der Waals surface area contributed by atoms with Crippen LogP contribution in [-0.4, -0.2) is 54.9 Å². The number of anilines is 1. The van der Waals surface area contributed by atoms with E-state index >= 15 is 0 Å². The smallest absolute Gasteiger partial charge is 0.243 e. The number of halogens is 2. The maximum absolute atomic E-state index is 11.9. The molecule has 10 heteroatoms. The van der Waals surface area contributed by atoms with E-state index in [-0.39, 0.29) is 24.1 Å². The number of nitrogens with one attached hydrogen (secondary N) is 2. The first-order valence-electron chi connectivity index (χ1n) is 11.0. The molecule has 2 heterocycles. The van der Waals surface area contributed by atoms with Crippen LogP contribution in [-0.2, 0) is 9.53 Å². The molecule has 35 heavy (non-hydrogen) atoms. The summed E-state index contributed by atoms with van der Waals surface area (Å²) >= 11 is 13.2. The topological polar surface area (TPSA) is 94.6 Å². The molecule has 1 aromatic heterocycles. The number of hydrogen-bond acceptors (Lipinski definition) is 7. The molecule has 1 aliphatic rings. The summed E-state index contributed by atoms with van der Waals surface area (Å²) < 4.78 is 16.5. The van der Waals surface area contributed by atoms with Crippen molar-refractivity contribution in [3.05, 3.63) is 53.2 Å². The molecule has 0 aliphatic carbocycles. The van der Waals surface area contributed by atoms with E-state index in [2.05, 4.69) is 27.2 Å². The second-order valence-electron chi connectivity index (χ2n) is 8.20. The monoisotopic (exact) mass is 516 g/mol. The van der Waals surface area contributed by atoms with E-state index in [9.17, 15) is 4.79 Å². The van der Waals surface area contributed by atoms with Crippen molar-refractivity contribution in [3.8, 4) is 22.6 Å². The van der Waals surface area contributed by atoms with E-state index in [0.29, 0.717) is 46.1 Å². The molecule has 2 N–H and O–H groups in total. The molecule has 1 amide bonds. The largest absolute Gasteiger partial charge is 0.495 e. The van der Waals surface area contributed by atoms with Crippen LogP contribution in [0.1, 0.15) is 13.3 Å². The predicted molar refractivity (Wildman–Crippen MR) is 138 cm³/mol. The molecular weight excluding hydrogens is 491 g/mol. The molecule has 3 unspecified atom stereocenters. The highest BCUT2D eigenvalue weighted by Crippen LogP contribution is 2.46. The summed E-state index contributed by atoms with van der Waals surface area (Å²) in [4.78, 5) is 21.0. The van der Waals surface area contributed by atoms with Crippen LogP contribution in [0.25, 0.3) is 22.0 Å². The highest BCUT2D eigenvalue weighted by molar-refractivity contribution is 6.41. The van der Waals surface area contributed by atoms with Crippen LogP contribution in [0.15, 0.2) is 43.1 Å². The lowest BCUT2D eigenvalue weighted by atomic mass is 9.99. The first-order chi connectivity index (χ1) is 16.8. The number of methoxy groups -OCH3 is 2.